The monoisotopic (exact) mass is 442 g/mol. The predicted molar refractivity (Wildman–Crippen MR) is 113 cm³/mol. The summed E-state index contributed by atoms with van der Waals surface area (Å²) in [5.74, 6) is -1.47. The molecule has 1 saturated heterocycles. The second-order valence-corrected chi connectivity index (χ2v) is 9.42. The first-order valence-corrected chi connectivity index (χ1v) is 11.1. The molecule has 1 aromatic carbocycles. The number of anilines is 1. The minimum atomic E-state index is -3.16. The molecule has 0 radical (unpaired) electrons. The highest BCUT2D eigenvalue weighted by Gasteiger charge is 2.32. The first-order valence-electron chi connectivity index (χ1n) is 9.01. The van der Waals surface area contributed by atoms with E-state index in [1.165, 1.54) is 11.4 Å². The molecular weight excluding hydrogens is 420 g/mol. The standard InChI is InChI=1S/C18H23ClN4O5S/c1-11(12-5-7-13(19)8-6-12)20-16(25)14-15(24)17(26)22(2)18(21-14)23-9-3-4-10-29(23,27)28/h5-8,11,24,27-28H,3-4,9-10H2,1-2H3,(H,20,25). The molecule has 0 bridgehead atoms. The maximum absolute atomic E-state index is 12.7. The SMILES string of the molecule is CC(NC(=O)c1nc(N2CCCCS2(O)O)n(C)c(=O)c1O)c1ccc(Cl)cc1. The summed E-state index contributed by atoms with van der Waals surface area (Å²) in [7, 11) is -1.80. The van der Waals surface area contributed by atoms with Gasteiger partial charge in [-0.15, -0.1) is 10.8 Å². The first-order chi connectivity index (χ1) is 13.6. The Balaban J connectivity index is 1.94. The summed E-state index contributed by atoms with van der Waals surface area (Å²) in [6.45, 7) is 2.01. The van der Waals surface area contributed by atoms with Gasteiger partial charge in [0.15, 0.2) is 5.69 Å². The number of rotatable bonds is 4. The largest absolute Gasteiger partial charge is 0.501 e. The average Bonchev–Trinajstić information content (AvgIpc) is 2.67. The van der Waals surface area contributed by atoms with Crippen LogP contribution < -0.4 is 15.2 Å². The number of carbonyl (C=O) groups excluding carboxylic acids is 1. The molecule has 3 rings (SSSR count). The van der Waals surface area contributed by atoms with Crippen LogP contribution >= 0.6 is 22.4 Å². The average molecular weight is 443 g/mol. The Labute approximate surface area is 174 Å². The topological polar surface area (TPSA) is 128 Å². The van der Waals surface area contributed by atoms with E-state index in [2.05, 4.69) is 10.3 Å². The maximum Gasteiger partial charge on any atom is 0.297 e. The third-order valence-corrected chi connectivity index (χ3v) is 6.92. The van der Waals surface area contributed by atoms with E-state index in [9.17, 15) is 23.8 Å². The summed E-state index contributed by atoms with van der Waals surface area (Å²) in [5.41, 5.74) is -0.540. The fraction of sp³-hybridized carbons (Fsp3) is 0.389. The lowest BCUT2D eigenvalue weighted by molar-refractivity contribution is 0.0931. The molecule has 1 aliphatic heterocycles. The number of aromatic nitrogens is 2. The molecule has 0 saturated carbocycles. The molecule has 1 atom stereocenters. The molecule has 0 aliphatic carbocycles. The molecule has 0 spiro atoms. The molecule has 1 fully saturated rings. The summed E-state index contributed by atoms with van der Waals surface area (Å²) in [5, 5.41) is 13.5. The van der Waals surface area contributed by atoms with Crippen molar-refractivity contribution in [3.63, 3.8) is 0 Å². The zero-order chi connectivity index (χ0) is 21.3. The molecule has 1 aliphatic rings. The number of carbonyl (C=O) groups is 1. The zero-order valence-corrected chi connectivity index (χ0v) is 17.6. The minimum absolute atomic E-state index is 0.0724. The molecule has 158 valence electrons. The molecule has 1 aromatic heterocycles. The van der Waals surface area contributed by atoms with Crippen LogP contribution in [-0.4, -0.2) is 42.0 Å². The quantitative estimate of drug-likeness (QED) is 0.573. The van der Waals surface area contributed by atoms with E-state index in [4.69, 9.17) is 11.6 Å². The van der Waals surface area contributed by atoms with Gasteiger partial charge >= 0.3 is 0 Å². The number of halogens is 1. The second kappa shape index (κ2) is 8.23. The van der Waals surface area contributed by atoms with Crippen LogP contribution in [0.25, 0.3) is 0 Å². The van der Waals surface area contributed by atoms with Crippen molar-refractivity contribution < 1.29 is 19.0 Å². The number of hydrogen-bond acceptors (Lipinski definition) is 7. The fourth-order valence-electron chi connectivity index (χ4n) is 3.10. The number of hydrogen-bond donors (Lipinski definition) is 4. The van der Waals surface area contributed by atoms with Crippen LogP contribution in [-0.2, 0) is 7.05 Å². The van der Waals surface area contributed by atoms with Crippen molar-refractivity contribution in [1.82, 2.24) is 14.9 Å². The minimum Gasteiger partial charge on any atom is -0.501 e. The molecule has 1 amide bonds. The Morgan fingerprint density at radius 2 is 1.93 bits per heavy atom. The highest BCUT2D eigenvalue weighted by Crippen LogP contribution is 2.48. The van der Waals surface area contributed by atoms with Crippen LogP contribution in [0.4, 0.5) is 5.95 Å². The van der Waals surface area contributed by atoms with Crippen LogP contribution in [0.1, 0.15) is 41.9 Å². The highest BCUT2D eigenvalue weighted by atomic mass is 35.5. The van der Waals surface area contributed by atoms with Crippen LogP contribution in [0, 0.1) is 0 Å². The zero-order valence-electron chi connectivity index (χ0n) is 16.0. The van der Waals surface area contributed by atoms with Gasteiger partial charge in [0.05, 0.1) is 11.8 Å². The molecule has 11 heteroatoms. The molecule has 9 nitrogen and oxygen atoms in total. The van der Waals surface area contributed by atoms with Gasteiger partial charge < -0.3 is 10.4 Å². The van der Waals surface area contributed by atoms with E-state index in [0.717, 1.165) is 10.1 Å². The number of benzene rings is 1. The number of amides is 1. The lowest BCUT2D eigenvalue weighted by Gasteiger charge is -2.46. The summed E-state index contributed by atoms with van der Waals surface area (Å²) < 4.78 is 22.9. The van der Waals surface area contributed by atoms with Gasteiger partial charge in [0.25, 0.3) is 11.5 Å². The van der Waals surface area contributed by atoms with Gasteiger partial charge in [-0.25, -0.2) is 9.29 Å². The van der Waals surface area contributed by atoms with Crippen molar-refractivity contribution >= 4 is 34.2 Å². The third-order valence-electron chi connectivity index (χ3n) is 4.78. The van der Waals surface area contributed by atoms with Crippen molar-refractivity contribution in [2.24, 2.45) is 7.05 Å². The lowest BCUT2D eigenvalue weighted by atomic mass is 10.1. The summed E-state index contributed by atoms with van der Waals surface area (Å²) in [6.07, 6.45) is 1.32. The number of aromatic hydroxyl groups is 1. The van der Waals surface area contributed by atoms with E-state index < -0.39 is 39.7 Å². The first kappa shape index (κ1) is 21.4. The van der Waals surface area contributed by atoms with E-state index in [0.29, 0.717) is 17.9 Å². The Bertz CT molecular complexity index is 979. The van der Waals surface area contributed by atoms with E-state index in [1.54, 1.807) is 31.2 Å². The van der Waals surface area contributed by atoms with Gasteiger partial charge in [-0.3, -0.25) is 23.3 Å². The van der Waals surface area contributed by atoms with Crippen molar-refractivity contribution in [2.75, 3.05) is 16.6 Å². The van der Waals surface area contributed by atoms with Crippen LogP contribution in [0.15, 0.2) is 29.1 Å². The van der Waals surface area contributed by atoms with Crippen LogP contribution in [0.2, 0.25) is 5.02 Å². The molecule has 29 heavy (non-hydrogen) atoms. The van der Waals surface area contributed by atoms with Crippen molar-refractivity contribution in [3.8, 4) is 5.75 Å². The third kappa shape index (κ3) is 4.35. The normalized spacial score (nSPS) is 18.2. The van der Waals surface area contributed by atoms with Crippen molar-refractivity contribution in [1.29, 1.82) is 0 Å². The van der Waals surface area contributed by atoms with Gasteiger partial charge in [-0.1, -0.05) is 23.7 Å². The van der Waals surface area contributed by atoms with Crippen LogP contribution in [0.5, 0.6) is 5.75 Å². The number of nitrogens with one attached hydrogen (secondary N) is 1. The lowest BCUT2D eigenvalue weighted by Crippen LogP contribution is -2.40. The molecule has 1 unspecified atom stereocenters. The van der Waals surface area contributed by atoms with Gasteiger partial charge in [-0.2, -0.15) is 0 Å². The van der Waals surface area contributed by atoms with Gasteiger partial charge in [0, 0.05) is 18.6 Å². The number of nitrogens with zero attached hydrogens (tertiary/aromatic N) is 3. The smallest absolute Gasteiger partial charge is 0.297 e. The summed E-state index contributed by atoms with van der Waals surface area (Å²) in [4.78, 5) is 29.3. The second-order valence-electron chi connectivity index (χ2n) is 6.87. The molecule has 2 heterocycles. The van der Waals surface area contributed by atoms with E-state index in [-0.39, 0.29) is 18.2 Å². The van der Waals surface area contributed by atoms with Gasteiger partial charge in [0.1, 0.15) is 0 Å². The highest BCUT2D eigenvalue weighted by molar-refractivity contribution is 8.25. The molecule has 4 N–H and O–H groups in total. The predicted octanol–water partition coefficient (Wildman–Crippen LogP) is 2.90. The summed E-state index contributed by atoms with van der Waals surface area (Å²) >= 11 is 5.87. The van der Waals surface area contributed by atoms with E-state index >= 15 is 0 Å². The van der Waals surface area contributed by atoms with Crippen molar-refractivity contribution in [2.45, 2.75) is 25.8 Å². The van der Waals surface area contributed by atoms with Gasteiger partial charge in [0.2, 0.25) is 11.7 Å². The summed E-state index contributed by atoms with van der Waals surface area (Å²) in [6, 6.07) is 6.43. The van der Waals surface area contributed by atoms with Gasteiger partial charge in [-0.05, 0) is 37.5 Å². The maximum atomic E-state index is 12.7. The van der Waals surface area contributed by atoms with Crippen molar-refractivity contribution in [3.05, 3.63) is 50.9 Å². The molecule has 2 aromatic rings. The van der Waals surface area contributed by atoms with Crippen LogP contribution in [0.3, 0.4) is 0 Å². The fourth-order valence-corrected chi connectivity index (χ4v) is 4.88. The molecular formula is C18H23ClN4O5S. The Kier molecular flexibility index (Phi) is 6.08. The van der Waals surface area contributed by atoms with E-state index in [1.807, 2.05) is 0 Å². The Morgan fingerprint density at radius 1 is 1.28 bits per heavy atom. The Morgan fingerprint density at radius 3 is 2.55 bits per heavy atom. The Hall–Kier alpha value is -2.27.